The minimum absolute atomic E-state index is 0.172. The highest BCUT2D eigenvalue weighted by Crippen LogP contribution is 2.21. The Morgan fingerprint density at radius 2 is 1.08 bits per heavy atom. The van der Waals surface area contributed by atoms with E-state index in [4.69, 9.17) is 4.99 Å². The number of nitrogens with one attached hydrogen (secondary N) is 1. The first-order valence-corrected chi connectivity index (χ1v) is 7.99. The molecule has 0 bridgehead atoms. The Hall–Kier alpha value is -3.20. The minimum Gasteiger partial charge on any atom is -0.281 e. The molecule has 24 heavy (non-hydrogen) atoms. The summed E-state index contributed by atoms with van der Waals surface area (Å²) < 4.78 is 0. The summed E-state index contributed by atoms with van der Waals surface area (Å²) in [6.07, 6.45) is -0.172. The van der Waals surface area contributed by atoms with Gasteiger partial charge < -0.3 is 0 Å². The Morgan fingerprint density at radius 1 is 0.583 bits per heavy atom. The van der Waals surface area contributed by atoms with Crippen LogP contribution in [0, 0.1) is 0 Å². The van der Waals surface area contributed by atoms with Crippen molar-refractivity contribution in [2.75, 3.05) is 0 Å². The van der Waals surface area contributed by atoms with E-state index in [1.807, 2.05) is 54.6 Å². The first-order chi connectivity index (χ1) is 11.9. The van der Waals surface area contributed by atoms with E-state index in [1.165, 1.54) is 0 Å². The second kappa shape index (κ2) is 6.50. The van der Waals surface area contributed by atoms with Gasteiger partial charge in [-0.15, -0.1) is 0 Å². The van der Waals surface area contributed by atoms with Crippen molar-refractivity contribution in [3.05, 3.63) is 108 Å². The van der Waals surface area contributed by atoms with Gasteiger partial charge in [0.15, 0.2) is 6.17 Å². The van der Waals surface area contributed by atoms with Crippen LogP contribution in [0.15, 0.2) is 101 Å². The molecule has 0 radical (unpaired) electrons. The van der Waals surface area contributed by atoms with Gasteiger partial charge >= 0.3 is 0 Å². The predicted octanol–water partition coefficient (Wildman–Crippen LogP) is 4.18. The van der Waals surface area contributed by atoms with Gasteiger partial charge in [-0.2, -0.15) is 5.10 Å². The van der Waals surface area contributed by atoms with Gasteiger partial charge in [0.1, 0.15) is 5.71 Å². The number of hydrazone groups is 1. The average molecular weight is 311 g/mol. The molecule has 0 aromatic heterocycles. The molecule has 3 heteroatoms. The highest BCUT2D eigenvalue weighted by molar-refractivity contribution is 6.53. The lowest BCUT2D eigenvalue weighted by Gasteiger charge is -2.22. The number of hydrogen-bond acceptors (Lipinski definition) is 3. The van der Waals surface area contributed by atoms with Crippen molar-refractivity contribution in [3.63, 3.8) is 0 Å². The molecule has 4 rings (SSSR count). The van der Waals surface area contributed by atoms with Crippen LogP contribution >= 0.6 is 0 Å². The molecule has 1 unspecified atom stereocenters. The maximum absolute atomic E-state index is 4.95. The molecule has 3 nitrogen and oxygen atoms in total. The van der Waals surface area contributed by atoms with E-state index in [2.05, 4.69) is 46.9 Å². The fourth-order valence-electron chi connectivity index (χ4n) is 2.79. The average Bonchev–Trinajstić information content (AvgIpc) is 2.69. The molecule has 0 spiro atoms. The summed E-state index contributed by atoms with van der Waals surface area (Å²) in [5.41, 5.74) is 8.19. The molecule has 0 amide bonds. The van der Waals surface area contributed by atoms with Crippen molar-refractivity contribution in [1.82, 2.24) is 5.43 Å². The normalized spacial score (nSPS) is 16.8. The molecular weight excluding hydrogens is 294 g/mol. The molecule has 1 aliphatic rings. The van der Waals surface area contributed by atoms with E-state index in [9.17, 15) is 0 Å². The van der Waals surface area contributed by atoms with Crippen LogP contribution in [0.3, 0.4) is 0 Å². The first-order valence-electron chi connectivity index (χ1n) is 7.99. The van der Waals surface area contributed by atoms with Gasteiger partial charge in [0.25, 0.3) is 0 Å². The predicted molar refractivity (Wildman–Crippen MR) is 98.3 cm³/mol. The van der Waals surface area contributed by atoms with Gasteiger partial charge in [-0.05, 0) is 5.56 Å². The minimum atomic E-state index is -0.172. The molecule has 0 aliphatic carbocycles. The zero-order valence-corrected chi connectivity index (χ0v) is 13.1. The van der Waals surface area contributed by atoms with Gasteiger partial charge in [-0.25, -0.2) is 0 Å². The Labute approximate surface area is 141 Å². The van der Waals surface area contributed by atoms with Gasteiger partial charge in [0.2, 0.25) is 0 Å². The van der Waals surface area contributed by atoms with Crippen LogP contribution in [-0.2, 0) is 0 Å². The molecular formula is C21H17N3. The van der Waals surface area contributed by atoms with Crippen LogP contribution in [-0.4, -0.2) is 11.4 Å². The lowest BCUT2D eigenvalue weighted by atomic mass is 9.99. The van der Waals surface area contributed by atoms with Crippen molar-refractivity contribution in [3.8, 4) is 0 Å². The summed E-state index contributed by atoms with van der Waals surface area (Å²) in [5, 5.41) is 4.65. The zero-order valence-electron chi connectivity index (χ0n) is 13.1. The lowest BCUT2D eigenvalue weighted by Crippen LogP contribution is -2.30. The fraction of sp³-hybridized carbons (Fsp3) is 0.0476. The van der Waals surface area contributed by atoms with Crippen LogP contribution < -0.4 is 5.43 Å². The Balaban J connectivity index is 1.79. The highest BCUT2D eigenvalue weighted by atomic mass is 15.4. The van der Waals surface area contributed by atoms with E-state index in [0.717, 1.165) is 28.1 Å². The summed E-state index contributed by atoms with van der Waals surface area (Å²) in [6, 6.07) is 30.5. The van der Waals surface area contributed by atoms with Crippen LogP contribution in [0.4, 0.5) is 0 Å². The highest BCUT2D eigenvalue weighted by Gasteiger charge is 2.22. The Morgan fingerprint density at radius 3 is 1.67 bits per heavy atom. The zero-order chi connectivity index (χ0) is 16.2. The quantitative estimate of drug-likeness (QED) is 0.774. The summed E-state index contributed by atoms with van der Waals surface area (Å²) in [5.74, 6) is 0. The van der Waals surface area contributed by atoms with E-state index in [0.29, 0.717) is 0 Å². The van der Waals surface area contributed by atoms with E-state index >= 15 is 0 Å². The van der Waals surface area contributed by atoms with Crippen LogP contribution in [0.25, 0.3) is 0 Å². The van der Waals surface area contributed by atoms with Gasteiger partial charge in [-0.3, -0.25) is 10.4 Å². The first kappa shape index (κ1) is 14.4. The SMILES string of the molecule is c1ccc(C2=NNC(c3ccccc3)N=C2c2ccccc2)cc1. The molecule has 1 N–H and O–H groups in total. The third kappa shape index (κ3) is 2.84. The van der Waals surface area contributed by atoms with Gasteiger partial charge in [0.05, 0.1) is 5.71 Å². The third-order valence-electron chi connectivity index (χ3n) is 3.99. The monoisotopic (exact) mass is 311 g/mol. The maximum Gasteiger partial charge on any atom is 0.160 e. The molecule has 116 valence electrons. The van der Waals surface area contributed by atoms with Crippen molar-refractivity contribution < 1.29 is 0 Å². The molecule has 0 saturated heterocycles. The number of rotatable bonds is 3. The summed E-state index contributed by atoms with van der Waals surface area (Å²) in [7, 11) is 0. The Kier molecular flexibility index (Phi) is 3.90. The largest absolute Gasteiger partial charge is 0.281 e. The third-order valence-corrected chi connectivity index (χ3v) is 3.99. The second-order valence-electron chi connectivity index (χ2n) is 5.61. The van der Waals surface area contributed by atoms with Gasteiger partial charge in [-0.1, -0.05) is 91.0 Å². The summed E-state index contributed by atoms with van der Waals surface area (Å²) in [6.45, 7) is 0. The topological polar surface area (TPSA) is 36.8 Å². The molecule has 3 aromatic carbocycles. The lowest BCUT2D eigenvalue weighted by molar-refractivity contribution is 0.577. The van der Waals surface area contributed by atoms with E-state index < -0.39 is 0 Å². The van der Waals surface area contributed by atoms with E-state index in [-0.39, 0.29) is 6.17 Å². The maximum atomic E-state index is 4.95. The smallest absolute Gasteiger partial charge is 0.160 e. The fourth-order valence-corrected chi connectivity index (χ4v) is 2.79. The summed E-state index contributed by atoms with van der Waals surface area (Å²) in [4.78, 5) is 4.95. The molecule has 1 aliphatic heterocycles. The molecule has 1 atom stereocenters. The van der Waals surface area contributed by atoms with Crippen molar-refractivity contribution in [1.29, 1.82) is 0 Å². The van der Waals surface area contributed by atoms with Crippen LogP contribution in [0.1, 0.15) is 22.9 Å². The molecule has 0 fully saturated rings. The Bertz CT molecular complexity index is 869. The number of nitrogens with zero attached hydrogens (tertiary/aromatic N) is 2. The molecule has 0 saturated carbocycles. The standard InChI is InChI=1S/C21H17N3/c1-4-10-16(11-5-1)19-20(17-12-6-2-7-13-17)23-24-21(22-19)18-14-8-3-9-15-18/h1-15,21,24H. The van der Waals surface area contributed by atoms with E-state index in [1.54, 1.807) is 0 Å². The molecule has 1 heterocycles. The van der Waals surface area contributed by atoms with Crippen LogP contribution in [0.2, 0.25) is 0 Å². The number of hydrogen-bond donors (Lipinski definition) is 1. The van der Waals surface area contributed by atoms with Crippen molar-refractivity contribution in [2.45, 2.75) is 6.17 Å². The van der Waals surface area contributed by atoms with Crippen molar-refractivity contribution in [2.24, 2.45) is 10.1 Å². The second-order valence-corrected chi connectivity index (χ2v) is 5.61. The van der Waals surface area contributed by atoms with Crippen molar-refractivity contribution >= 4 is 11.4 Å². The number of benzene rings is 3. The number of aliphatic imine (C=N–C) groups is 1. The van der Waals surface area contributed by atoms with Crippen LogP contribution in [0.5, 0.6) is 0 Å². The summed E-state index contributed by atoms with van der Waals surface area (Å²) >= 11 is 0. The van der Waals surface area contributed by atoms with Gasteiger partial charge in [0, 0.05) is 11.1 Å². The molecule has 3 aromatic rings.